The van der Waals surface area contributed by atoms with E-state index in [1.54, 1.807) is 0 Å². The molecule has 2 rings (SSSR count). The molecule has 1 fully saturated rings. The van der Waals surface area contributed by atoms with Gasteiger partial charge in [-0.1, -0.05) is 12.1 Å². The highest BCUT2D eigenvalue weighted by molar-refractivity contribution is 5.39. The van der Waals surface area contributed by atoms with Crippen molar-refractivity contribution < 1.29 is 13.2 Å². The van der Waals surface area contributed by atoms with Gasteiger partial charge in [-0.15, -0.1) is 0 Å². The first-order valence-corrected chi connectivity index (χ1v) is 6.78. The van der Waals surface area contributed by atoms with Crippen LogP contribution in [0.1, 0.15) is 5.56 Å². The zero-order valence-corrected chi connectivity index (χ0v) is 11.4. The number of nitrogen functional groups attached to an aromatic ring is 1. The second kappa shape index (κ2) is 6.45. The standard InChI is InChI=1S/C14H20F3N3/c15-14(16,17)11-20-9-7-19(8-10-20)6-5-12-1-3-13(18)4-2-12/h1-4H,5-11,18H2. The van der Waals surface area contributed by atoms with E-state index in [2.05, 4.69) is 4.90 Å². The molecule has 0 bridgehead atoms. The fraction of sp³-hybridized carbons (Fsp3) is 0.571. The van der Waals surface area contributed by atoms with Crippen LogP contribution in [0.4, 0.5) is 18.9 Å². The van der Waals surface area contributed by atoms with Crippen molar-refractivity contribution in [1.29, 1.82) is 0 Å². The van der Waals surface area contributed by atoms with Gasteiger partial charge in [0, 0.05) is 38.4 Å². The van der Waals surface area contributed by atoms with Crippen molar-refractivity contribution >= 4 is 5.69 Å². The Morgan fingerprint density at radius 3 is 2.05 bits per heavy atom. The first kappa shape index (κ1) is 15.1. The van der Waals surface area contributed by atoms with E-state index < -0.39 is 12.7 Å². The number of piperazine rings is 1. The summed E-state index contributed by atoms with van der Waals surface area (Å²) in [5, 5.41) is 0. The van der Waals surface area contributed by atoms with Gasteiger partial charge in [0.15, 0.2) is 0 Å². The predicted octanol–water partition coefficient (Wildman–Crippen LogP) is 1.99. The molecule has 1 aromatic rings. The van der Waals surface area contributed by atoms with E-state index in [1.807, 2.05) is 24.3 Å². The van der Waals surface area contributed by atoms with Crippen LogP contribution < -0.4 is 5.73 Å². The number of anilines is 1. The summed E-state index contributed by atoms with van der Waals surface area (Å²) in [6.45, 7) is 2.46. The number of benzene rings is 1. The first-order valence-electron chi connectivity index (χ1n) is 6.78. The average Bonchev–Trinajstić information content (AvgIpc) is 2.38. The average molecular weight is 287 g/mol. The van der Waals surface area contributed by atoms with Crippen LogP contribution in [0, 0.1) is 0 Å². The van der Waals surface area contributed by atoms with E-state index >= 15 is 0 Å². The third-order valence-electron chi connectivity index (χ3n) is 3.56. The van der Waals surface area contributed by atoms with Gasteiger partial charge in [-0.2, -0.15) is 13.2 Å². The highest BCUT2D eigenvalue weighted by Gasteiger charge is 2.31. The third kappa shape index (κ3) is 5.02. The Hall–Kier alpha value is -1.27. The van der Waals surface area contributed by atoms with E-state index in [9.17, 15) is 13.2 Å². The van der Waals surface area contributed by atoms with E-state index in [-0.39, 0.29) is 0 Å². The zero-order valence-electron chi connectivity index (χ0n) is 11.4. The molecule has 0 atom stereocenters. The fourth-order valence-corrected chi connectivity index (χ4v) is 2.40. The Bertz CT molecular complexity index is 409. The molecule has 6 heteroatoms. The molecular weight excluding hydrogens is 267 g/mol. The fourth-order valence-electron chi connectivity index (χ4n) is 2.40. The number of nitrogens with zero attached hydrogens (tertiary/aromatic N) is 2. The minimum atomic E-state index is -4.09. The quantitative estimate of drug-likeness (QED) is 0.860. The minimum Gasteiger partial charge on any atom is -0.399 e. The van der Waals surface area contributed by atoms with Gasteiger partial charge >= 0.3 is 6.18 Å². The molecule has 112 valence electrons. The maximum absolute atomic E-state index is 12.3. The molecule has 0 radical (unpaired) electrons. The Labute approximate surface area is 117 Å². The summed E-state index contributed by atoms with van der Waals surface area (Å²) < 4.78 is 36.8. The lowest BCUT2D eigenvalue weighted by Crippen LogP contribution is -2.49. The lowest BCUT2D eigenvalue weighted by Gasteiger charge is -2.34. The maximum atomic E-state index is 12.3. The third-order valence-corrected chi connectivity index (χ3v) is 3.56. The second-order valence-electron chi connectivity index (χ2n) is 5.22. The molecule has 0 aromatic heterocycles. The Morgan fingerprint density at radius 2 is 1.50 bits per heavy atom. The second-order valence-corrected chi connectivity index (χ2v) is 5.22. The Balaban J connectivity index is 1.70. The number of hydrogen-bond donors (Lipinski definition) is 1. The smallest absolute Gasteiger partial charge is 0.399 e. The van der Waals surface area contributed by atoms with Crippen LogP contribution in [0.25, 0.3) is 0 Å². The summed E-state index contributed by atoms with van der Waals surface area (Å²) in [7, 11) is 0. The van der Waals surface area contributed by atoms with Crippen molar-refractivity contribution in [1.82, 2.24) is 9.80 Å². The molecule has 0 amide bonds. The lowest BCUT2D eigenvalue weighted by atomic mass is 10.1. The van der Waals surface area contributed by atoms with Gasteiger partial charge in [0.05, 0.1) is 6.54 Å². The highest BCUT2D eigenvalue weighted by Crippen LogP contribution is 2.17. The Kier molecular flexibility index (Phi) is 4.88. The predicted molar refractivity (Wildman–Crippen MR) is 73.5 cm³/mol. The summed E-state index contributed by atoms with van der Waals surface area (Å²) in [6, 6.07) is 7.73. The number of halogens is 3. The molecule has 0 spiro atoms. The van der Waals surface area contributed by atoms with Crippen LogP contribution in [-0.4, -0.2) is 55.2 Å². The molecule has 0 aliphatic carbocycles. The molecule has 1 aromatic carbocycles. The molecule has 0 saturated carbocycles. The molecular formula is C14H20F3N3. The molecule has 2 N–H and O–H groups in total. The van der Waals surface area contributed by atoms with Gasteiger partial charge in [0.1, 0.15) is 0 Å². The number of rotatable bonds is 4. The first-order chi connectivity index (χ1) is 9.42. The van der Waals surface area contributed by atoms with Crippen LogP contribution in [0.5, 0.6) is 0 Å². The molecule has 20 heavy (non-hydrogen) atoms. The topological polar surface area (TPSA) is 32.5 Å². The van der Waals surface area contributed by atoms with Crippen molar-refractivity contribution in [2.75, 3.05) is 45.0 Å². The van der Waals surface area contributed by atoms with E-state index in [0.29, 0.717) is 26.2 Å². The molecule has 1 aliphatic heterocycles. The van der Waals surface area contributed by atoms with Gasteiger partial charge in [-0.3, -0.25) is 4.90 Å². The molecule has 1 aliphatic rings. The van der Waals surface area contributed by atoms with Gasteiger partial charge in [-0.05, 0) is 24.1 Å². The highest BCUT2D eigenvalue weighted by atomic mass is 19.4. The molecule has 0 unspecified atom stereocenters. The van der Waals surface area contributed by atoms with Crippen molar-refractivity contribution in [3.05, 3.63) is 29.8 Å². The Morgan fingerprint density at radius 1 is 0.950 bits per heavy atom. The molecule has 1 saturated heterocycles. The zero-order chi connectivity index (χ0) is 14.6. The number of nitrogens with two attached hydrogens (primary N) is 1. The number of hydrogen-bond acceptors (Lipinski definition) is 3. The van der Waals surface area contributed by atoms with E-state index in [4.69, 9.17) is 5.73 Å². The van der Waals surface area contributed by atoms with E-state index in [1.165, 1.54) is 10.5 Å². The summed E-state index contributed by atoms with van der Waals surface area (Å²) in [5.41, 5.74) is 7.57. The van der Waals surface area contributed by atoms with Crippen LogP contribution >= 0.6 is 0 Å². The van der Waals surface area contributed by atoms with Crippen LogP contribution in [-0.2, 0) is 6.42 Å². The number of alkyl halides is 3. The summed E-state index contributed by atoms with van der Waals surface area (Å²) in [4.78, 5) is 3.68. The summed E-state index contributed by atoms with van der Waals surface area (Å²) in [5.74, 6) is 0. The monoisotopic (exact) mass is 287 g/mol. The molecule has 3 nitrogen and oxygen atoms in total. The van der Waals surface area contributed by atoms with Gasteiger partial charge in [-0.25, -0.2) is 0 Å². The van der Waals surface area contributed by atoms with Crippen LogP contribution in [0.3, 0.4) is 0 Å². The minimum absolute atomic E-state index is 0.487. The van der Waals surface area contributed by atoms with Crippen molar-refractivity contribution in [2.45, 2.75) is 12.6 Å². The van der Waals surface area contributed by atoms with Crippen LogP contribution in [0.15, 0.2) is 24.3 Å². The van der Waals surface area contributed by atoms with Crippen LogP contribution in [0.2, 0.25) is 0 Å². The maximum Gasteiger partial charge on any atom is 0.401 e. The normalized spacial score (nSPS) is 18.4. The van der Waals surface area contributed by atoms with Crippen molar-refractivity contribution in [3.8, 4) is 0 Å². The van der Waals surface area contributed by atoms with Crippen molar-refractivity contribution in [3.63, 3.8) is 0 Å². The van der Waals surface area contributed by atoms with E-state index in [0.717, 1.165) is 18.7 Å². The van der Waals surface area contributed by atoms with Gasteiger partial charge < -0.3 is 10.6 Å². The summed E-state index contributed by atoms with van der Waals surface area (Å²) >= 11 is 0. The van der Waals surface area contributed by atoms with Gasteiger partial charge in [0.2, 0.25) is 0 Å². The van der Waals surface area contributed by atoms with Gasteiger partial charge in [0.25, 0.3) is 0 Å². The largest absolute Gasteiger partial charge is 0.401 e. The SMILES string of the molecule is Nc1ccc(CCN2CCN(CC(F)(F)F)CC2)cc1. The van der Waals surface area contributed by atoms with Crippen molar-refractivity contribution in [2.24, 2.45) is 0 Å². The lowest BCUT2D eigenvalue weighted by molar-refractivity contribution is -0.149. The molecule has 1 heterocycles. The summed E-state index contributed by atoms with van der Waals surface area (Å²) in [6.07, 6.45) is -3.19.